The molecule has 0 spiro atoms. The van der Waals surface area contributed by atoms with Gasteiger partial charge in [-0.15, -0.1) is 6.58 Å². The number of likely N-dealkylation sites (N-methyl/N-ethyl adjacent to an activating group) is 1. The molecule has 0 N–H and O–H groups in total. The second-order valence-corrected chi connectivity index (χ2v) is 4.90. The van der Waals surface area contributed by atoms with E-state index in [1.54, 1.807) is 0 Å². The molecule has 1 unspecified atom stereocenters. The maximum atomic E-state index is 3.90. The first-order chi connectivity index (χ1) is 8.72. The number of hydrogen-bond acceptors (Lipinski definition) is 2. The monoisotopic (exact) mass is 238 g/mol. The van der Waals surface area contributed by atoms with Crippen molar-refractivity contribution in [1.82, 2.24) is 0 Å². The Bertz CT molecular complexity index is 554. The number of benzene rings is 1. The molecule has 0 fully saturated rings. The van der Waals surface area contributed by atoms with Crippen LogP contribution in [0.3, 0.4) is 0 Å². The fourth-order valence-corrected chi connectivity index (χ4v) is 2.79. The third kappa shape index (κ3) is 1.49. The molecule has 0 amide bonds. The van der Waals surface area contributed by atoms with Crippen molar-refractivity contribution >= 4 is 11.4 Å². The van der Waals surface area contributed by atoms with Crippen LogP contribution in [0.1, 0.15) is 6.42 Å². The molecule has 3 rings (SSSR count). The van der Waals surface area contributed by atoms with Gasteiger partial charge < -0.3 is 9.80 Å². The lowest BCUT2D eigenvalue weighted by Gasteiger charge is -2.40. The molecule has 1 heterocycles. The Morgan fingerprint density at radius 1 is 1.17 bits per heavy atom. The van der Waals surface area contributed by atoms with Gasteiger partial charge in [-0.25, -0.2) is 0 Å². The van der Waals surface area contributed by atoms with Crippen LogP contribution in [0.4, 0.5) is 11.4 Å². The van der Waals surface area contributed by atoms with Gasteiger partial charge in [0.2, 0.25) is 0 Å². The summed E-state index contributed by atoms with van der Waals surface area (Å²) < 4.78 is 0. The lowest BCUT2D eigenvalue weighted by Crippen LogP contribution is -2.33. The number of fused-ring (bicyclic) bond motifs is 1. The Hall–Kier alpha value is -1.96. The molecule has 2 aliphatic rings. The molecule has 0 saturated heterocycles. The first-order valence-electron chi connectivity index (χ1n) is 6.32. The Kier molecular flexibility index (Phi) is 2.51. The van der Waals surface area contributed by atoms with Gasteiger partial charge in [-0.2, -0.15) is 0 Å². The van der Waals surface area contributed by atoms with Crippen LogP contribution in [0.25, 0.3) is 0 Å². The molecular formula is C16H18N2. The fourth-order valence-electron chi connectivity index (χ4n) is 2.79. The van der Waals surface area contributed by atoms with Gasteiger partial charge in [-0.05, 0) is 24.6 Å². The van der Waals surface area contributed by atoms with E-state index in [1.165, 1.54) is 22.8 Å². The van der Waals surface area contributed by atoms with Crippen LogP contribution in [0.2, 0.25) is 0 Å². The number of rotatable bonds is 1. The molecule has 1 aromatic carbocycles. The van der Waals surface area contributed by atoms with E-state index in [0.29, 0.717) is 5.92 Å². The zero-order valence-corrected chi connectivity index (χ0v) is 10.9. The highest BCUT2D eigenvalue weighted by Gasteiger charge is 2.27. The van der Waals surface area contributed by atoms with Crippen molar-refractivity contribution in [3.8, 4) is 0 Å². The Morgan fingerprint density at radius 2 is 1.83 bits per heavy atom. The van der Waals surface area contributed by atoms with Crippen LogP contribution in [0.15, 0.2) is 60.5 Å². The first-order valence-corrected chi connectivity index (χ1v) is 6.32. The predicted molar refractivity (Wildman–Crippen MR) is 77.7 cm³/mol. The van der Waals surface area contributed by atoms with Crippen molar-refractivity contribution in [2.24, 2.45) is 5.92 Å². The molecule has 18 heavy (non-hydrogen) atoms. The summed E-state index contributed by atoms with van der Waals surface area (Å²) in [7, 11) is 4.29. The topological polar surface area (TPSA) is 6.48 Å². The Morgan fingerprint density at radius 3 is 2.50 bits per heavy atom. The number of nitrogens with zero attached hydrogens (tertiary/aromatic N) is 2. The quantitative estimate of drug-likeness (QED) is 0.690. The minimum atomic E-state index is 0.449. The molecule has 92 valence electrons. The molecule has 0 radical (unpaired) electrons. The van der Waals surface area contributed by atoms with Crippen LogP contribution in [0, 0.1) is 5.92 Å². The van der Waals surface area contributed by atoms with Gasteiger partial charge in [-0.3, -0.25) is 0 Å². The summed E-state index contributed by atoms with van der Waals surface area (Å²) in [6, 6.07) is 8.53. The van der Waals surface area contributed by atoms with Gasteiger partial charge in [0.05, 0.1) is 17.1 Å². The SMILES string of the molecule is C=CC1C=CC2=C(C1)N(C)c1ccccc1N2C. The van der Waals surface area contributed by atoms with Gasteiger partial charge in [0.15, 0.2) is 0 Å². The third-order valence-electron chi connectivity index (χ3n) is 3.90. The normalized spacial score (nSPS) is 21.8. The largest absolute Gasteiger partial charge is 0.345 e. The maximum Gasteiger partial charge on any atom is 0.0649 e. The standard InChI is InChI=1S/C16H18N2/c1-4-12-9-10-15-16(11-12)18(3)14-8-6-5-7-13(14)17(15)2/h4-10,12H,1,11H2,2-3H3. The van der Waals surface area contributed by atoms with E-state index in [1.807, 2.05) is 6.08 Å². The molecule has 1 aliphatic carbocycles. The van der Waals surface area contributed by atoms with E-state index in [-0.39, 0.29) is 0 Å². The molecule has 0 bridgehead atoms. The fraction of sp³-hybridized carbons (Fsp3) is 0.250. The Labute approximate surface area is 109 Å². The highest BCUT2D eigenvalue weighted by Crippen LogP contribution is 2.41. The summed E-state index contributed by atoms with van der Waals surface area (Å²) in [5.41, 5.74) is 5.22. The van der Waals surface area contributed by atoms with Crippen molar-refractivity contribution in [3.63, 3.8) is 0 Å². The number of hydrogen-bond donors (Lipinski definition) is 0. The van der Waals surface area contributed by atoms with Gasteiger partial charge in [0.25, 0.3) is 0 Å². The zero-order chi connectivity index (χ0) is 12.7. The summed E-state index contributed by atoms with van der Waals surface area (Å²) in [5.74, 6) is 0.449. The molecule has 1 atom stereocenters. The molecule has 0 saturated carbocycles. The van der Waals surface area contributed by atoms with Crippen molar-refractivity contribution in [2.75, 3.05) is 23.9 Å². The van der Waals surface area contributed by atoms with Crippen molar-refractivity contribution in [3.05, 3.63) is 60.5 Å². The zero-order valence-electron chi connectivity index (χ0n) is 10.9. The lowest BCUT2D eigenvalue weighted by atomic mass is 9.93. The van der Waals surface area contributed by atoms with Gasteiger partial charge in [-0.1, -0.05) is 24.3 Å². The van der Waals surface area contributed by atoms with E-state index in [4.69, 9.17) is 0 Å². The smallest absolute Gasteiger partial charge is 0.0649 e. The summed E-state index contributed by atoms with van der Waals surface area (Å²) >= 11 is 0. The van der Waals surface area contributed by atoms with Crippen LogP contribution < -0.4 is 9.80 Å². The van der Waals surface area contributed by atoms with Crippen LogP contribution in [-0.4, -0.2) is 14.1 Å². The predicted octanol–water partition coefficient (Wildman–Crippen LogP) is 3.55. The third-order valence-corrected chi connectivity index (χ3v) is 3.90. The van der Waals surface area contributed by atoms with E-state index >= 15 is 0 Å². The second-order valence-electron chi connectivity index (χ2n) is 4.90. The summed E-state index contributed by atoms with van der Waals surface area (Å²) in [6.07, 6.45) is 7.51. The second kappa shape index (κ2) is 4.05. The van der Waals surface area contributed by atoms with Crippen LogP contribution in [0.5, 0.6) is 0 Å². The molecular weight excluding hydrogens is 220 g/mol. The summed E-state index contributed by atoms with van der Waals surface area (Å²) in [4.78, 5) is 4.59. The van der Waals surface area contributed by atoms with E-state index in [2.05, 4.69) is 66.9 Å². The highest BCUT2D eigenvalue weighted by molar-refractivity contribution is 5.79. The van der Waals surface area contributed by atoms with E-state index in [0.717, 1.165) is 6.42 Å². The molecule has 2 heteroatoms. The molecule has 1 aromatic rings. The summed E-state index contributed by atoms with van der Waals surface area (Å²) in [5, 5.41) is 0. The maximum absolute atomic E-state index is 3.90. The molecule has 2 nitrogen and oxygen atoms in total. The molecule has 0 aromatic heterocycles. The first kappa shape index (κ1) is 11.1. The van der Waals surface area contributed by atoms with Crippen molar-refractivity contribution in [1.29, 1.82) is 0 Å². The van der Waals surface area contributed by atoms with Gasteiger partial charge in [0, 0.05) is 25.7 Å². The number of para-hydroxylation sites is 2. The van der Waals surface area contributed by atoms with Crippen molar-refractivity contribution < 1.29 is 0 Å². The Balaban J connectivity index is 2.10. The highest BCUT2D eigenvalue weighted by atomic mass is 15.2. The van der Waals surface area contributed by atoms with Crippen molar-refractivity contribution in [2.45, 2.75) is 6.42 Å². The van der Waals surface area contributed by atoms with Gasteiger partial charge in [0.1, 0.15) is 0 Å². The average molecular weight is 238 g/mol. The number of allylic oxidation sites excluding steroid dienone is 4. The minimum Gasteiger partial charge on any atom is -0.345 e. The van der Waals surface area contributed by atoms with E-state index in [9.17, 15) is 0 Å². The lowest BCUT2D eigenvalue weighted by molar-refractivity contribution is 0.732. The van der Waals surface area contributed by atoms with Crippen LogP contribution >= 0.6 is 0 Å². The summed E-state index contributed by atoms with van der Waals surface area (Å²) in [6.45, 7) is 3.90. The number of anilines is 2. The van der Waals surface area contributed by atoms with E-state index < -0.39 is 0 Å². The minimum absolute atomic E-state index is 0.449. The average Bonchev–Trinajstić information content (AvgIpc) is 2.44. The van der Waals surface area contributed by atoms with Gasteiger partial charge >= 0.3 is 0 Å². The van der Waals surface area contributed by atoms with Crippen LogP contribution in [-0.2, 0) is 0 Å². The molecule has 1 aliphatic heterocycles.